The molecule has 0 aliphatic heterocycles. The minimum Gasteiger partial charge on any atom is -0.492 e. The van der Waals surface area contributed by atoms with Crippen molar-refractivity contribution in [2.24, 2.45) is 0 Å². The summed E-state index contributed by atoms with van der Waals surface area (Å²) in [7, 11) is 0. The molecule has 0 heterocycles. The van der Waals surface area contributed by atoms with Gasteiger partial charge in [0.25, 0.3) is 0 Å². The summed E-state index contributed by atoms with van der Waals surface area (Å²) >= 11 is 3.38. The van der Waals surface area contributed by atoms with Crippen molar-refractivity contribution >= 4 is 33.6 Å². The van der Waals surface area contributed by atoms with E-state index in [2.05, 4.69) is 21.2 Å². The summed E-state index contributed by atoms with van der Waals surface area (Å²) in [4.78, 5) is 11.9. The molecule has 21 heavy (non-hydrogen) atoms. The summed E-state index contributed by atoms with van der Waals surface area (Å²) < 4.78 is 6.48. The Labute approximate surface area is 132 Å². The van der Waals surface area contributed by atoms with E-state index in [0.29, 0.717) is 18.0 Å². The van der Waals surface area contributed by atoms with Crippen LogP contribution in [0.5, 0.6) is 5.75 Å². The van der Waals surface area contributed by atoms with Crippen LogP contribution in [0.2, 0.25) is 0 Å². The van der Waals surface area contributed by atoms with Crippen LogP contribution in [0.3, 0.4) is 0 Å². The third kappa shape index (κ3) is 4.76. The molecular weight excluding hydrogens is 330 g/mol. The van der Waals surface area contributed by atoms with Crippen molar-refractivity contribution in [2.45, 2.75) is 6.92 Å². The minimum absolute atomic E-state index is 0.190. The van der Waals surface area contributed by atoms with Gasteiger partial charge in [-0.05, 0) is 42.8 Å². The number of benzene rings is 2. The Kier molecular flexibility index (Phi) is 5.58. The molecular formula is C17H16BrNO2. The number of para-hydroxylation sites is 2. The second kappa shape index (κ2) is 7.64. The Morgan fingerprint density at radius 3 is 2.62 bits per heavy atom. The largest absolute Gasteiger partial charge is 0.492 e. The van der Waals surface area contributed by atoms with Gasteiger partial charge in [-0.2, -0.15) is 0 Å². The van der Waals surface area contributed by atoms with Crippen molar-refractivity contribution in [3.05, 3.63) is 64.6 Å². The van der Waals surface area contributed by atoms with Crippen molar-refractivity contribution in [2.75, 3.05) is 11.9 Å². The van der Waals surface area contributed by atoms with Crippen LogP contribution in [-0.2, 0) is 4.79 Å². The summed E-state index contributed by atoms with van der Waals surface area (Å²) in [5.74, 6) is 0.482. The van der Waals surface area contributed by atoms with E-state index in [1.807, 2.05) is 55.5 Å². The first kappa shape index (κ1) is 15.3. The lowest BCUT2D eigenvalue weighted by atomic mass is 10.2. The number of nitrogens with one attached hydrogen (secondary N) is 1. The number of anilines is 1. The van der Waals surface area contributed by atoms with Gasteiger partial charge in [0.1, 0.15) is 5.75 Å². The van der Waals surface area contributed by atoms with Gasteiger partial charge in [-0.1, -0.05) is 40.2 Å². The molecule has 0 fully saturated rings. The van der Waals surface area contributed by atoms with Crippen LogP contribution in [0, 0.1) is 0 Å². The van der Waals surface area contributed by atoms with Gasteiger partial charge in [-0.15, -0.1) is 0 Å². The molecule has 2 aromatic carbocycles. The standard InChI is InChI=1S/C17H16BrNO2/c1-2-21-16-6-4-3-5-15(16)19-17(20)12-9-13-7-10-14(18)11-8-13/h3-12H,2H2,1H3,(H,19,20)/b12-9+. The first-order valence-corrected chi connectivity index (χ1v) is 7.45. The average Bonchev–Trinajstić information content (AvgIpc) is 2.49. The number of carbonyl (C=O) groups excluding carboxylic acids is 1. The zero-order chi connectivity index (χ0) is 15.1. The lowest BCUT2D eigenvalue weighted by molar-refractivity contribution is -0.111. The van der Waals surface area contributed by atoms with Gasteiger partial charge >= 0.3 is 0 Å². The maximum atomic E-state index is 11.9. The molecule has 0 aromatic heterocycles. The Morgan fingerprint density at radius 1 is 1.19 bits per heavy atom. The van der Waals surface area contributed by atoms with Crippen LogP contribution in [0.4, 0.5) is 5.69 Å². The number of carbonyl (C=O) groups is 1. The van der Waals surface area contributed by atoms with Crippen LogP contribution < -0.4 is 10.1 Å². The molecule has 1 amide bonds. The summed E-state index contributed by atoms with van der Waals surface area (Å²) in [6.45, 7) is 2.47. The van der Waals surface area contributed by atoms with E-state index in [1.165, 1.54) is 6.08 Å². The Bertz CT molecular complexity index is 635. The molecule has 3 nitrogen and oxygen atoms in total. The Hall–Kier alpha value is -2.07. The smallest absolute Gasteiger partial charge is 0.248 e. The number of hydrogen-bond donors (Lipinski definition) is 1. The van der Waals surface area contributed by atoms with Gasteiger partial charge < -0.3 is 10.1 Å². The molecule has 0 unspecified atom stereocenters. The van der Waals surface area contributed by atoms with Gasteiger partial charge in [0.15, 0.2) is 0 Å². The molecule has 0 aliphatic carbocycles. The molecule has 108 valence electrons. The molecule has 2 rings (SSSR count). The first-order chi connectivity index (χ1) is 10.2. The number of amides is 1. The zero-order valence-electron chi connectivity index (χ0n) is 11.7. The molecule has 0 spiro atoms. The van der Waals surface area contributed by atoms with E-state index in [4.69, 9.17) is 4.74 Å². The van der Waals surface area contributed by atoms with Gasteiger partial charge in [-0.3, -0.25) is 4.79 Å². The Balaban J connectivity index is 2.03. The fraction of sp³-hybridized carbons (Fsp3) is 0.118. The topological polar surface area (TPSA) is 38.3 Å². The number of rotatable bonds is 5. The van der Waals surface area contributed by atoms with Crippen molar-refractivity contribution < 1.29 is 9.53 Å². The number of ether oxygens (including phenoxy) is 1. The SMILES string of the molecule is CCOc1ccccc1NC(=O)/C=C/c1ccc(Br)cc1. The second-order valence-corrected chi connectivity index (χ2v) is 5.22. The molecule has 0 saturated carbocycles. The highest BCUT2D eigenvalue weighted by molar-refractivity contribution is 9.10. The summed E-state index contributed by atoms with van der Waals surface area (Å²) in [6.07, 6.45) is 3.27. The third-order valence-corrected chi connectivity index (χ3v) is 3.27. The monoisotopic (exact) mass is 345 g/mol. The van der Waals surface area contributed by atoms with Crippen molar-refractivity contribution in [1.82, 2.24) is 0 Å². The lowest BCUT2D eigenvalue weighted by Gasteiger charge is -2.09. The molecule has 0 aliphatic rings. The van der Waals surface area contributed by atoms with Gasteiger partial charge in [0.05, 0.1) is 12.3 Å². The van der Waals surface area contributed by atoms with Crippen molar-refractivity contribution in [1.29, 1.82) is 0 Å². The maximum Gasteiger partial charge on any atom is 0.248 e. The summed E-state index contributed by atoms with van der Waals surface area (Å²) in [6, 6.07) is 15.1. The average molecular weight is 346 g/mol. The minimum atomic E-state index is -0.190. The van der Waals surface area contributed by atoms with E-state index in [0.717, 1.165) is 10.0 Å². The number of halogens is 1. The van der Waals surface area contributed by atoms with Gasteiger partial charge in [0, 0.05) is 10.5 Å². The van der Waals surface area contributed by atoms with Crippen molar-refractivity contribution in [3.63, 3.8) is 0 Å². The van der Waals surface area contributed by atoms with Crippen LogP contribution in [0.25, 0.3) is 6.08 Å². The van der Waals surface area contributed by atoms with Gasteiger partial charge in [-0.25, -0.2) is 0 Å². The van der Waals surface area contributed by atoms with Crippen LogP contribution >= 0.6 is 15.9 Å². The van der Waals surface area contributed by atoms with E-state index in [1.54, 1.807) is 6.08 Å². The van der Waals surface area contributed by atoms with E-state index in [-0.39, 0.29) is 5.91 Å². The molecule has 2 aromatic rings. The van der Waals surface area contributed by atoms with Crippen LogP contribution in [0.15, 0.2) is 59.1 Å². The zero-order valence-corrected chi connectivity index (χ0v) is 13.3. The summed E-state index contributed by atoms with van der Waals surface area (Å²) in [5, 5.41) is 2.82. The predicted molar refractivity (Wildman–Crippen MR) is 89.4 cm³/mol. The highest BCUT2D eigenvalue weighted by Crippen LogP contribution is 2.23. The normalized spacial score (nSPS) is 10.6. The van der Waals surface area contributed by atoms with E-state index in [9.17, 15) is 4.79 Å². The second-order valence-electron chi connectivity index (χ2n) is 4.30. The molecule has 0 radical (unpaired) electrons. The maximum absolute atomic E-state index is 11.9. The number of hydrogen-bond acceptors (Lipinski definition) is 2. The van der Waals surface area contributed by atoms with Crippen LogP contribution in [0.1, 0.15) is 12.5 Å². The molecule has 0 atom stereocenters. The van der Waals surface area contributed by atoms with Crippen molar-refractivity contribution in [3.8, 4) is 5.75 Å². The van der Waals surface area contributed by atoms with Crippen LogP contribution in [-0.4, -0.2) is 12.5 Å². The van der Waals surface area contributed by atoms with E-state index >= 15 is 0 Å². The highest BCUT2D eigenvalue weighted by Gasteiger charge is 2.04. The highest BCUT2D eigenvalue weighted by atomic mass is 79.9. The first-order valence-electron chi connectivity index (χ1n) is 6.65. The predicted octanol–water partition coefficient (Wildman–Crippen LogP) is 4.50. The Morgan fingerprint density at radius 2 is 1.90 bits per heavy atom. The summed E-state index contributed by atoms with van der Waals surface area (Å²) in [5.41, 5.74) is 1.64. The van der Waals surface area contributed by atoms with Gasteiger partial charge in [0.2, 0.25) is 5.91 Å². The fourth-order valence-corrected chi connectivity index (χ4v) is 2.04. The third-order valence-electron chi connectivity index (χ3n) is 2.74. The molecule has 1 N–H and O–H groups in total. The molecule has 0 saturated heterocycles. The fourth-order valence-electron chi connectivity index (χ4n) is 1.77. The van der Waals surface area contributed by atoms with E-state index < -0.39 is 0 Å². The molecule has 4 heteroatoms. The molecule has 0 bridgehead atoms. The quantitative estimate of drug-likeness (QED) is 0.810. The lowest BCUT2D eigenvalue weighted by Crippen LogP contribution is -2.09.